The fourth-order valence-corrected chi connectivity index (χ4v) is 3.53. The molecule has 0 atom stereocenters. The number of anilines is 1. The summed E-state index contributed by atoms with van der Waals surface area (Å²) in [6.45, 7) is 3.93. The molecule has 2 heterocycles. The van der Waals surface area contributed by atoms with E-state index in [4.69, 9.17) is 10.5 Å². The first-order chi connectivity index (χ1) is 15.8. The number of hydrogen-bond donors (Lipinski definition) is 2. The molecule has 4 rings (SSSR count). The van der Waals surface area contributed by atoms with E-state index < -0.39 is 17.5 Å². The lowest BCUT2D eigenvalue weighted by atomic mass is 10.1. The van der Waals surface area contributed by atoms with Crippen molar-refractivity contribution in [3.8, 4) is 17.0 Å². The Bertz CT molecular complexity index is 1350. The Labute approximate surface area is 188 Å². The Hall–Kier alpha value is -4.08. The average Bonchev–Trinajstić information content (AvgIpc) is 3.18. The van der Waals surface area contributed by atoms with Gasteiger partial charge in [0, 0.05) is 18.0 Å². The quantitative estimate of drug-likeness (QED) is 0.462. The van der Waals surface area contributed by atoms with Gasteiger partial charge in [0.25, 0.3) is 5.91 Å². The highest BCUT2D eigenvalue weighted by molar-refractivity contribution is 5.97. The Balaban J connectivity index is 1.61. The maximum atomic E-state index is 15.1. The van der Waals surface area contributed by atoms with E-state index in [0.717, 1.165) is 6.07 Å². The van der Waals surface area contributed by atoms with Crippen LogP contribution in [-0.4, -0.2) is 32.6 Å². The van der Waals surface area contributed by atoms with E-state index in [2.05, 4.69) is 20.4 Å². The average molecular weight is 452 g/mol. The number of fused-ring (bicyclic) bond motifs is 1. The van der Waals surface area contributed by atoms with Gasteiger partial charge in [0.05, 0.1) is 12.7 Å². The number of nitrogens with zero attached hydrogens (tertiary/aromatic N) is 4. The number of imidazole rings is 1. The van der Waals surface area contributed by atoms with E-state index in [9.17, 15) is 9.18 Å². The second-order valence-electron chi connectivity index (χ2n) is 7.72. The number of amides is 1. The zero-order chi connectivity index (χ0) is 23.7. The molecule has 0 aliphatic carbocycles. The van der Waals surface area contributed by atoms with E-state index in [0.29, 0.717) is 22.6 Å². The van der Waals surface area contributed by atoms with Crippen molar-refractivity contribution in [1.29, 1.82) is 0 Å². The van der Waals surface area contributed by atoms with Crippen molar-refractivity contribution in [3.05, 3.63) is 71.3 Å². The summed E-state index contributed by atoms with van der Waals surface area (Å²) < 4.78 is 35.3. The van der Waals surface area contributed by atoms with Crippen LogP contribution in [0, 0.1) is 11.6 Å². The molecule has 3 N–H and O–H groups in total. The van der Waals surface area contributed by atoms with Crippen LogP contribution in [0.15, 0.2) is 42.7 Å². The largest absolute Gasteiger partial charge is 0.496 e. The molecule has 170 valence electrons. The summed E-state index contributed by atoms with van der Waals surface area (Å²) in [5.41, 5.74) is 7.61. The molecule has 0 aliphatic heterocycles. The molecule has 0 fully saturated rings. The molecule has 0 aliphatic rings. The zero-order valence-electron chi connectivity index (χ0n) is 18.3. The number of rotatable bonds is 6. The fraction of sp³-hybridized carbons (Fsp3) is 0.217. The van der Waals surface area contributed by atoms with Gasteiger partial charge < -0.3 is 15.8 Å². The minimum absolute atomic E-state index is 0.0258. The number of carbonyl (C=O) groups excluding carboxylic acids is 1. The van der Waals surface area contributed by atoms with Crippen molar-refractivity contribution >= 4 is 17.2 Å². The second kappa shape index (κ2) is 8.81. The molecule has 8 nitrogen and oxygen atoms in total. The van der Waals surface area contributed by atoms with Crippen LogP contribution in [0.4, 0.5) is 14.6 Å². The lowest BCUT2D eigenvalue weighted by Crippen LogP contribution is -2.23. The van der Waals surface area contributed by atoms with E-state index in [1.807, 2.05) is 13.8 Å². The molecule has 0 saturated heterocycles. The van der Waals surface area contributed by atoms with Crippen LogP contribution in [0.25, 0.3) is 16.8 Å². The molecule has 10 heteroatoms. The van der Waals surface area contributed by atoms with Gasteiger partial charge in [0.15, 0.2) is 5.82 Å². The summed E-state index contributed by atoms with van der Waals surface area (Å²) in [5.74, 6) is -0.549. The molecule has 4 aromatic rings. The first-order valence-corrected chi connectivity index (χ1v) is 10.2. The molecule has 0 unspecified atom stereocenters. The zero-order valence-corrected chi connectivity index (χ0v) is 18.3. The number of halogens is 2. The summed E-state index contributed by atoms with van der Waals surface area (Å²) >= 11 is 0. The van der Waals surface area contributed by atoms with Gasteiger partial charge in [-0.05, 0) is 35.9 Å². The minimum Gasteiger partial charge on any atom is -0.496 e. The molecule has 33 heavy (non-hydrogen) atoms. The molecular formula is C23H22F2N6O2. The van der Waals surface area contributed by atoms with Crippen LogP contribution < -0.4 is 15.8 Å². The van der Waals surface area contributed by atoms with Crippen LogP contribution in [0.5, 0.6) is 5.75 Å². The van der Waals surface area contributed by atoms with Crippen molar-refractivity contribution < 1.29 is 18.3 Å². The van der Waals surface area contributed by atoms with Crippen LogP contribution >= 0.6 is 0 Å². The predicted octanol–water partition coefficient (Wildman–Crippen LogP) is 3.71. The predicted molar refractivity (Wildman–Crippen MR) is 119 cm³/mol. The molecule has 0 spiro atoms. The van der Waals surface area contributed by atoms with Gasteiger partial charge in [0.2, 0.25) is 0 Å². The molecule has 0 saturated carbocycles. The monoisotopic (exact) mass is 452 g/mol. The van der Waals surface area contributed by atoms with Gasteiger partial charge in [-0.15, -0.1) is 0 Å². The lowest BCUT2D eigenvalue weighted by molar-refractivity contribution is 0.0947. The summed E-state index contributed by atoms with van der Waals surface area (Å²) in [4.78, 5) is 21.1. The van der Waals surface area contributed by atoms with Gasteiger partial charge in [-0.2, -0.15) is 5.10 Å². The standard InChI is InChI=1S/C23H22F2N6O2/c1-12(2)22-30-19(20-21(26)28-11-29-31(20)22)15-6-4-13(8-17(15)25)10-27-23(32)16-9-14(24)5-7-18(16)33-3/h4-9,11-12H,10H2,1-3H3,(H,27,32)(H2,26,28,29). The van der Waals surface area contributed by atoms with Crippen molar-refractivity contribution in [3.63, 3.8) is 0 Å². The summed E-state index contributed by atoms with van der Waals surface area (Å²) in [5, 5.41) is 6.86. The van der Waals surface area contributed by atoms with E-state index in [1.54, 1.807) is 16.6 Å². The Morgan fingerprint density at radius 1 is 1.21 bits per heavy atom. The summed E-state index contributed by atoms with van der Waals surface area (Å²) in [6, 6.07) is 8.19. The second-order valence-corrected chi connectivity index (χ2v) is 7.72. The number of nitrogens with one attached hydrogen (secondary N) is 1. The van der Waals surface area contributed by atoms with Crippen LogP contribution in [0.3, 0.4) is 0 Å². The molecular weight excluding hydrogens is 430 g/mol. The maximum absolute atomic E-state index is 15.1. The van der Waals surface area contributed by atoms with Gasteiger partial charge in [-0.1, -0.05) is 19.9 Å². The Morgan fingerprint density at radius 3 is 2.70 bits per heavy atom. The molecule has 0 radical (unpaired) electrons. The molecule has 0 bridgehead atoms. The van der Waals surface area contributed by atoms with Gasteiger partial charge in [-0.25, -0.2) is 23.3 Å². The Morgan fingerprint density at radius 2 is 2.00 bits per heavy atom. The maximum Gasteiger partial charge on any atom is 0.255 e. The van der Waals surface area contributed by atoms with Crippen LogP contribution in [0.2, 0.25) is 0 Å². The topological polar surface area (TPSA) is 107 Å². The molecule has 2 aromatic carbocycles. The minimum atomic E-state index is -0.562. The Kier molecular flexibility index (Phi) is 5.91. The number of methoxy groups -OCH3 is 1. The summed E-state index contributed by atoms with van der Waals surface area (Å²) in [6.07, 6.45) is 1.33. The van der Waals surface area contributed by atoms with E-state index in [-0.39, 0.29) is 35.2 Å². The highest BCUT2D eigenvalue weighted by Gasteiger charge is 2.21. The number of carbonyl (C=O) groups is 1. The third-order valence-electron chi connectivity index (χ3n) is 5.15. The van der Waals surface area contributed by atoms with Crippen molar-refractivity contribution in [2.75, 3.05) is 12.8 Å². The normalized spacial score (nSPS) is 11.2. The SMILES string of the molecule is COc1ccc(F)cc1C(=O)NCc1ccc(-c2nc(C(C)C)n3ncnc(N)c23)c(F)c1. The number of benzene rings is 2. The smallest absolute Gasteiger partial charge is 0.255 e. The number of aromatic nitrogens is 4. The first kappa shape index (κ1) is 22.1. The van der Waals surface area contributed by atoms with Crippen molar-refractivity contribution in [2.45, 2.75) is 26.3 Å². The van der Waals surface area contributed by atoms with Gasteiger partial charge in [0.1, 0.15) is 40.7 Å². The van der Waals surface area contributed by atoms with E-state index >= 15 is 4.39 Å². The number of nitrogen functional groups attached to an aromatic ring is 1. The van der Waals surface area contributed by atoms with Gasteiger partial charge in [-0.3, -0.25) is 4.79 Å². The van der Waals surface area contributed by atoms with Crippen LogP contribution in [0.1, 0.15) is 41.5 Å². The van der Waals surface area contributed by atoms with Crippen molar-refractivity contribution in [2.24, 2.45) is 0 Å². The van der Waals surface area contributed by atoms with E-state index in [1.165, 1.54) is 31.6 Å². The van der Waals surface area contributed by atoms with Crippen LogP contribution in [-0.2, 0) is 6.54 Å². The van der Waals surface area contributed by atoms with Crippen molar-refractivity contribution in [1.82, 2.24) is 24.9 Å². The third kappa shape index (κ3) is 4.19. The third-order valence-corrected chi connectivity index (χ3v) is 5.15. The number of hydrogen-bond acceptors (Lipinski definition) is 6. The number of nitrogens with two attached hydrogens (primary N) is 1. The number of ether oxygens (including phenoxy) is 1. The summed E-state index contributed by atoms with van der Waals surface area (Å²) in [7, 11) is 1.39. The molecule has 2 aromatic heterocycles. The molecule has 1 amide bonds. The highest BCUT2D eigenvalue weighted by Crippen LogP contribution is 2.31. The van der Waals surface area contributed by atoms with Gasteiger partial charge >= 0.3 is 0 Å². The fourth-order valence-electron chi connectivity index (χ4n) is 3.53. The lowest BCUT2D eigenvalue weighted by Gasteiger charge is -2.10. The first-order valence-electron chi connectivity index (χ1n) is 10.2. The highest BCUT2D eigenvalue weighted by atomic mass is 19.1.